The molecular formula is C13H18N2O6. The minimum absolute atomic E-state index is 0.0352. The third-order valence-electron chi connectivity index (χ3n) is 3.57. The van der Waals surface area contributed by atoms with Crippen molar-refractivity contribution in [2.45, 2.75) is 44.5 Å². The third-order valence-corrected chi connectivity index (χ3v) is 3.57. The van der Waals surface area contributed by atoms with E-state index in [-0.39, 0.29) is 5.69 Å². The van der Waals surface area contributed by atoms with Crippen LogP contribution in [-0.2, 0) is 4.74 Å². The molecule has 0 saturated carbocycles. The number of rotatable bonds is 3. The van der Waals surface area contributed by atoms with Crippen LogP contribution in [0, 0.1) is 17.0 Å². The standard InChI is InChI=1S/C13H18N2O6/c1-6-5-8(15(19)20)3-4-9(6)14-13-12(18)11(17)10(16)7(2)21-13/h3-5,7,10-14,16-18H,1-2H3. The average Bonchev–Trinajstić information content (AvgIpc) is 2.44. The normalized spacial score (nSPS) is 32.7. The smallest absolute Gasteiger partial charge is 0.269 e. The first-order valence-electron chi connectivity index (χ1n) is 6.52. The number of benzene rings is 1. The Kier molecular flexibility index (Phi) is 4.43. The molecule has 1 aromatic carbocycles. The van der Waals surface area contributed by atoms with Crippen LogP contribution in [-0.4, -0.2) is 50.9 Å². The highest BCUT2D eigenvalue weighted by atomic mass is 16.6. The van der Waals surface area contributed by atoms with Crippen molar-refractivity contribution in [3.63, 3.8) is 0 Å². The van der Waals surface area contributed by atoms with Crippen molar-refractivity contribution in [3.8, 4) is 0 Å². The minimum atomic E-state index is -1.33. The van der Waals surface area contributed by atoms with E-state index in [9.17, 15) is 25.4 Å². The molecule has 21 heavy (non-hydrogen) atoms. The summed E-state index contributed by atoms with van der Waals surface area (Å²) < 4.78 is 5.41. The number of nitrogens with one attached hydrogen (secondary N) is 1. The topological polar surface area (TPSA) is 125 Å². The summed E-state index contributed by atoms with van der Waals surface area (Å²) >= 11 is 0. The van der Waals surface area contributed by atoms with Gasteiger partial charge in [0.05, 0.1) is 11.0 Å². The Morgan fingerprint density at radius 1 is 1.24 bits per heavy atom. The van der Waals surface area contributed by atoms with Gasteiger partial charge in [0.2, 0.25) is 0 Å². The molecule has 5 unspecified atom stereocenters. The van der Waals surface area contributed by atoms with Gasteiger partial charge in [-0.25, -0.2) is 0 Å². The largest absolute Gasteiger partial charge is 0.388 e. The fourth-order valence-corrected chi connectivity index (χ4v) is 2.25. The van der Waals surface area contributed by atoms with Crippen LogP contribution in [0.15, 0.2) is 18.2 Å². The lowest BCUT2D eigenvalue weighted by atomic mass is 9.99. The molecular weight excluding hydrogens is 280 g/mol. The molecule has 0 aromatic heterocycles. The number of hydrogen-bond donors (Lipinski definition) is 4. The number of nitrogens with zero attached hydrogens (tertiary/aromatic N) is 1. The first-order chi connectivity index (χ1) is 9.81. The van der Waals surface area contributed by atoms with Crippen molar-refractivity contribution < 1.29 is 25.0 Å². The van der Waals surface area contributed by atoms with Gasteiger partial charge in [-0.3, -0.25) is 10.1 Å². The lowest BCUT2D eigenvalue weighted by Crippen LogP contribution is -2.58. The molecule has 1 aromatic rings. The van der Waals surface area contributed by atoms with Crippen molar-refractivity contribution in [1.82, 2.24) is 0 Å². The molecule has 1 fully saturated rings. The molecule has 1 aliphatic heterocycles. The molecule has 1 saturated heterocycles. The third kappa shape index (κ3) is 3.13. The molecule has 5 atom stereocenters. The number of ether oxygens (including phenoxy) is 1. The summed E-state index contributed by atoms with van der Waals surface area (Å²) in [5.74, 6) is 0. The van der Waals surface area contributed by atoms with Crippen LogP contribution in [0.1, 0.15) is 12.5 Å². The number of hydrogen-bond acceptors (Lipinski definition) is 7. The quantitative estimate of drug-likeness (QED) is 0.462. The van der Waals surface area contributed by atoms with Crippen LogP contribution in [0.4, 0.5) is 11.4 Å². The molecule has 0 amide bonds. The van der Waals surface area contributed by atoms with Gasteiger partial charge in [0, 0.05) is 17.8 Å². The number of aliphatic hydroxyl groups excluding tert-OH is 3. The maximum Gasteiger partial charge on any atom is 0.269 e. The maximum atomic E-state index is 10.7. The number of aryl methyl sites for hydroxylation is 1. The lowest BCUT2D eigenvalue weighted by molar-refractivity contribution is -0.384. The minimum Gasteiger partial charge on any atom is -0.388 e. The second-order valence-corrected chi connectivity index (χ2v) is 5.13. The molecule has 8 nitrogen and oxygen atoms in total. The predicted octanol–water partition coefficient (Wildman–Crippen LogP) is 0.143. The van der Waals surface area contributed by atoms with Crippen LogP contribution in [0.5, 0.6) is 0 Å². The molecule has 116 valence electrons. The van der Waals surface area contributed by atoms with E-state index in [2.05, 4.69) is 5.32 Å². The summed E-state index contributed by atoms with van der Waals surface area (Å²) in [5.41, 5.74) is 1.11. The summed E-state index contributed by atoms with van der Waals surface area (Å²) in [6, 6.07) is 4.23. The first-order valence-corrected chi connectivity index (χ1v) is 6.52. The fraction of sp³-hybridized carbons (Fsp3) is 0.538. The Balaban J connectivity index is 2.16. The second-order valence-electron chi connectivity index (χ2n) is 5.13. The molecule has 4 N–H and O–H groups in total. The number of anilines is 1. The number of nitro benzene ring substituents is 1. The van der Waals surface area contributed by atoms with Gasteiger partial charge in [-0.1, -0.05) is 0 Å². The predicted molar refractivity (Wildman–Crippen MR) is 73.8 cm³/mol. The van der Waals surface area contributed by atoms with E-state index in [0.717, 1.165) is 0 Å². The molecule has 1 aliphatic rings. The molecule has 0 aliphatic carbocycles. The Labute approximate surface area is 121 Å². The summed E-state index contributed by atoms with van der Waals surface area (Å²) in [5, 5.41) is 42.8. The Morgan fingerprint density at radius 3 is 2.48 bits per heavy atom. The van der Waals surface area contributed by atoms with Crippen molar-refractivity contribution in [1.29, 1.82) is 0 Å². The van der Waals surface area contributed by atoms with E-state index in [1.54, 1.807) is 13.8 Å². The summed E-state index contributed by atoms with van der Waals surface area (Å²) in [6.45, 7) is 3.26. The first kappa shape index (κ1) is 15.6. The van der Waals surface area contributed by atoms with Crippen molar-refractivity contribution in [2.24, 2.45) is 0 Å². The van der Waals surface area contributed by atoms with Gasteiger partial charge >= 0.3 is 0 Å². The zero-order valence-corrected chi connectivity index (χ0v) is 11.6. The van der Waals surface area contributed by atoms with Crippen molar-refractivity contribution in [2.75, 3.05) is 5.32 Å². The highest BCUT2D eigenvalue weighted by Crippen LogP contribution is 2.26. The van der Waals surface area contributed by atoms with Crippen LogP contribution in [0.3, 0.4) is 0 Å². The van der Waals surface area contributed by atoms with Crippen LogP contribution in [0.2, 0.25) is 0 Å². The summed E-state index contributed by atoms with van der Waals surface area (Å²) in [4.78, 5) is 10.2. The van der Waals surface area contributed by atoms with E-state index in [1.807, 2.05) is 0 Å². The van der Waals surface area contributed by atoms with Gasteiger partial charge in [-0.15, -0.1) is 0 Å². The fourth-order valence-electron chi connectivity index (χ4n) is 2.25. The Bertz CT molecular complexity index is 537. The van der Waals surface area contributed by atoms with E-state index in [0.29, 0.717) is 11.3 Å². The second kappa shape index (κ2) is 5.94. The lowest BCUT2D eigenvalue weighted by Gasteiger charge is -2.40. The molecule has 0 bridgehead atoms. The number of non-ortho nitro benzene ring substituents is 1. The monoisotopic (exact) mass is 298 g/mol. The summed E-state index contributed by atoms with van der Waals surface area (Å²) in [7, 11) is 0. The van der Waals surface area contributed by atoms with Gasteiger partial charge in [-0.05, 0) is 25.5 Å². The molecule has 1 heterocycles. The van der Waals surface area contributed by atoms with Crippen molar-refractivity contribution in [3.05, 3.63) is 33.9 Å². The van der Waals surface area contributed by atoms with Gasteiger partial charge < -0.3 is 25.4 Å². The Morgan fingerprint density at radius 2 is 1.90 bits per heavy atom. The Hall–Kier alpha value is -1.74. The number of aliphatic hydroxyl groups is 3. The highest BCUT2D eigenvalue weighted by molar-refractivity contribution is 5.55. The zero-order valence-electron chi connectivity index (χ0n) is 11.6. The van der Waals surface area contributed by atoms with E-state index < -0.39 is 35.6 Å². The van der Waals surface area contributed by atoms with Gasteiger partial charge in [0.25, 0.3) is 5.69 Å². The molecule has 2 rings (SSSR count). The highest BCUT2D eigenvalue weighted by Gasteiger charge is 2.41. The van der Waals surface area contributed by atoms with Crippen LogP contribution < -0.4 is 5.32 Å². The van der Waals surface area contributed by atoms with Gasteiger partial charge in [0.1, 0.15) is 18.3 Å². The molecule has 8 heteroatoms. The van der Waals surface area contributed by atoms with E-state index in [4.69, 9.17) is 4.74 Å². The van der Waals surface area contributed by atoms with Gasteiger partial charge in [-0.2, -0.15) is 0 Å². The van der Waals surface area contributed by atoms with E-state index >= 15 is 0 Å². The van der Waals surface area contributed by atoms with Crippen LogP contribution in [0.25, 0.3) is 0 Å². The maximum absolute atomic E-state index is 10.7. The zero-order chi connectivity index (χ0) is 15.7. The SMILES string of the molecule is Cc1cc([N+](=O)[O-])ccc1NC1OC(C)C(O)C(O)C1O. The molecule has 0 radical (unpaired) electrons. The van der Waals surface area contributed by atoms with Crippen molar-refractivity contribution >= 4 is 11.4 Å². The number of nitro groups is 1. The molecule has 0 spiro atoms. The van der Waals surface area contributed by atoms with Crippen LogP contribution >= 0.6 is 0 Å². The average molecular weight is 298 g/mol. The van der Waals surface area contributed by atoms with E-state index in [1.165, 1.54) is 18.2 Å². The summed E-state index contributed by atoms with van der Waals surface area (Å²) in [6.07, 6.45) is -5.38. The van der Waals surface area contributed by atoms with Gasteiger partial charge in [0.15, 0.2) is 6.23 Å².